The predicted octanol–water partition coefficient (Wildman–Crippen LogP) is 4.61. The highest BCUT2D eigenvalue weighted by molar-refractivity contribution is 7.14. The molecule has 32 heavy (non-hydrogen) atoms. The fourth-order valence-electron chi connectivity index (χ4n) is 2.75. The average Bonchev–Trinajstić information content (AvgIpc) is 3.19. The number of carbonyl (C=O) groups excluding carboxylic acids is 2. The van der Waals surface area contributed by atoms with Crippen LogP contribution in [0.2, 0.25) is 0 Å². The number of hydrogen-bond acceptors (Lipinski definition) is 6. The van der Waals surface area contributed by atoms with Crippen LogP contribution in [0.25, 0.3) is 0 Å². The van der Waals surface area contributed by atoms with Crippen molar-refractivity contribution in [1.29, 1.82) is 0 Å². The Kier molecular flexibility index (Phi) is 6.98. The molecule has 0 saturated heterocycles. The van der Waals surface area contributed by atoms with E-state index in [9.17, 15) is 22.8 Å². The number of nitrogens with one attached hydrogen (secondary N) is 2. The molecule has 3 rings (SSSR count). The summed E-state index contributed by atoms with van der Waals surface area (Å²) >= 11 is 1.08. The number of thiazole rings is 1. The van der Waals surface area contributed by atoms with Gasteiger partial charge in [-0.05, 0) is 24.3 Å². The van der Waals surface area contributed by atoms with E-state index in [4.69, 9.17) is 9.47 Å². The largest absolute Gasteiger partial charge is 0.497 e. The van der Waals surface area contributed by atoms with E-state index in [2.05, 4.69) is 15.6 Å². The summed E-state index contributed by atoms with van der Waals surface area (Å²) in [5.74, 6) is -0.260. The van der Waals surface area contributed by atoms with Gasteiger partial charge in [0.15, 0.2) is 5.13 Å². The SMILES string of the molecule is COc1cc(OC)cc(C(=O)Nc2nc(CC(=O)Nc3ccccc3C(F)(F)F)cs2)c1. The number of hydrogen-bond donors (Lipinski definition) is 2. The molecule has 168 valence electrons. The minimum Gasteiger partial charge on any atom is -0.497 e. The van der Waals surface area contributed by atoms with Crippen LogP contribution in [0.15, 0.2) is 47.8 Å². The Bertz CT molecular complexity index is 1110. The van der Waals surface area contributed by atoms with Crippen molar-refractivity contribution in [2.45, 2.75) is 12.6 Å². The Balaban J connectivity index is 1.66. The molecule has 1 aromatic heterocycles. The highest BCUT2D eigenvalue weighted by Crippen LogP contribution is 2.34. The smallest absolute Gasteiger partial charge is 0.418 e. The summed E-state index contributed by atoms with van der Waals surface area (Å²) in [7, 11) is 2.92. The first-order valence-electron chi connectivity index (χ1n) is 9.14. The molecule has 0 fully saturated rings. The molecular weight excluding hydrogens is 447 g/mol. The third-order valence-corrected chi connectivity index (χ3v) is 5.04. The van der Waals surface area contributed by atoms with Gasteiger partial charge >= 0.3 is 6.18 Å². The highest BCUT2D eigenvalue weighted by Gasteiger charge is 2.33. The number of benzene rings is 2. The maximum atomic E-state index is 13.1. The van der Waals surface area contributed by atoms with Crippen molar-refractivity contribution in [3.8, 4) is 11.5 Å². The van der Waals surface area contributed by atoms with E-state index in [0.29, 0.717) is 17.2 Å². The minimum absolute atomic E-state index is 0.232. The molecule has 0 bridgehead atoms. The standard InChI is InChI=1S/C21H18F3N3O4S/c1-30-14-7-12(8-15(10-14)31-2)19(29)27-20-25-13(11-32-20)9-18(28)26-17-6-4-3-5-16(17)21(22,23)24/h3-8,10-11H,9H2,1-2H3,(H,26,28)(H,25,27,29). The molecule has 11 heteroatoms. The normalized spacial score (nSPS) is 11.0. The van der Waals surface area contributed by atoms with E-state index >= 15 is 0 Å². The van der Waals surface area contributed by atoms with Crippen molar-refractivity contribution in [3.05, 3.63) is 64.7 Å². The number of aromatic nitrogens is 1. The van der Waals surface area contributed by atoms with Gasteiger partial charge in [-0.25, -0.2) is 4.98 Å². The lowest BCUT2D eigenvalue weighted by Crippen LogP contribution is -2.18. The molecule has 0 unspecified atom stereocenters. The van der Waals surface area contributed by atoms with Crippen molar-refractivity contribution >= 4 is 34.0 Å². The summed E-state index contributed by atoms with van der Waals surface area (Å²) in [4.78, 5) is 28.9. The molecule has 0 saturated carbocycles. The van der Waals surface area contributed by atoms with Crippen LogP contribution in [-0.4, -0.2) is 31.0 Å². The van der Waals surface area contributed by atoms with Crippen LogP contribution in [0.1, 0.15) is 21.6 Å². The second-order valence-electron chi connectivity index (χ2n) is 6.47. The zero-order chi connectivity index (χ0) is 23.3. The summed E-state index contributed by atoms with van der Waals surface area (Å²) in [5, 5.41) is 6.64. The lowest BCUT2D eigenvalue weighted by molar-refractivity contribution is -0.137. The monoisotopic (exact) mass is 465 g/mol. The molecule has 2 N–H and O–H groups in total. The quantitative estimate of drug-likeness (QED) is 0.532. The first kappa shape index (κ1) is 23.1. The third-order valence-electron chi connectivity index (χ3n) is 4.23. The highest BCUT2D eigenvalue weighted by atomic mass is 32.1. The van der Waals surface area contributed by atoms with Gasteiger partial charge in [0, 0.05) is 17.0 Å². The minimum atomic E-state index is -4.59. The number of ether oxygens (including phenoxy) is 2. The Morgan fingerprint density at radius 1 is 1.03 bits per heavy atom. The zero-order valence-electron chi connectivity index (χ0n) is 16.9. The molecule has 0 radical (unpaired) electrons. The maximum absolute atomic E-state index is 13.1. The number of alkyl halides is 3. The third kappa shape index (κ3) is 5.76. The van der Waals surface area contributed by atoms with Crippen LogP contribution in [0.5, 0.6) is 11.5 Å². The summed E-state index contributed by atoms with van der Waals surface area (Å²) < 4.78 is 49.5. The van der Waals surface area contributed by atoms with Gasteiger partial charge in [0.1, 0.15) is 11.5 Å². The van der Waals surface area contributed by atoms with Gasteiger partial charge in [-0.1, -0.05) is 12.1 Å². The number of nitrogens with zero attached hydrogens (tertiary/aromatic N) is 1. The Labute approximate surface area is 185 Å². The van der Waals surface area contributed by atoms with Crippen molar-refractivity contribution < 1.29 is 32.2 Å². The van der Waals surface area contributed by atoms with Gasteiger partial charge in [-0.2, -0.15) is 13.2 Å². The van der Waals surface area contributed by atoms with Crippen molar-refractivity contribution in [1.82, 2.24) is 4.98 Å². The Morgan fingerprint density at radius 2 is 1.69 bits per heavy atom. The van der Waals surface area contributed by atoms with Crippen LogP contribution in [0.4, 0.5) is 24.0 Å². The van der Waals surface area contributed by atoms with E-state index < -0.39 is 23.6 Å². The molecule has 0 aliphatic carbocycles. The molecule has 0 spiro atoms. The number of anilines is 2. The Morgan fingerprint density at radius 3 is 2.31 bits per heavy atom. The van der Waals surface area contributed by atoms with Crippen LogP contribution < -0.4 is 20.1 Å². The predicted molar refractivity (Wildman–Crippen MR) is 113 cm³/mol. The maximum Gasteiger partial charge on any atom is 0.418 e. The average molecular weight is 465 g/mol. The lowest BCUT2D eigenvalue weighted by atomic mass is 10.1. The number of carbonyl (C=O) groups is 2. The molecule has 2 amide bonds. The van der Waals surface area contributed by atoms with Crippen LogP contribution in [-0.2, 0) is 17.4 Å². The van der Waals surface area contributed by atoms with Gasteiger partial charge < -0.3 is 14.8 Å². The summed E-state index contributed by atoms with van der Waals surface area (Å²) in [6.07, 6.45) is -4.85. The molecule has 0 aliphatic rings. The second kappa shape index (κ2) is 9.69. The fourth-order valence-corrected chi connectivity index (χ4v) is 3.46. The number of rotatable bonds is 7. The van der Waals surface area contributed by atoms with Gasteiger partial charge in [0.05, 0.1) is 37.6 Å². The van der Waals surface area contributed by atoms with E-state index in [1.54, 1.807) is 6.07 Å². The number of amides is 2. The summed E-state index contributed by atoms with van der Waals surface area (Å²) in [5.41, 5.74) is -0.691. The van der Waals surface area contributed by atoms with Crippen molar-refractivity contribution in [2.75, 3.05) is 24.9 Å². The summed E-state index contributed by atoms with van der Waals surface area (Å²) in [6.45, 7) is 0. The Hall–Kier alpha value is -3.60. The van der Waals surface area contributed by atoms with Crippen molar-refractivity contribution in [3.63, 3.8) is 0 Å². The number of halogens is 3. The van der Waals surface area contributed by atoms with Crippen LogP contribution >= 0.6 is 11.3 Å². The first-order valence-corrected chi connectivity index (χ1v) is 10.0. The molecule has 3 aromatic rings. The second-order valence-corrected chi connectivity index (χ2v) is 7.33. The van der Waals surface area contributed by atoms with Crippen LogP contribution in [0, 0.1) is 0 Å². The molecular formula is C21H18F3N3O4S. The van der Waals surface area contributed by atoms with Gasteiger partial charge in [-0.15, -0.1) is 11.3 Å². The fraction of sp³-hybridized carbons (Fsp3) is 0.190. The zero-order valence-corrected chi connectivity index (χ0v) is 17.8. The molecule has 1 heterocycles. The van der Waals surface area contributed by atoms with E-state index in [0.717, 1.165) is 17.4 Å². The molecule has 0 atom stereocenters. The number of para-hydroxylation sites is 1. The van der Waals surface area contributed by atoms with Crippen molar-refractivity contribution in [2.24, 2.45) is 0 Å². The van der Waals surface area contributed by atoms with E-state index in [1.165, 1.54) is 49.9 Å². The van der Waals surface area contributed by atoms with E-state index in [1.807, 2.05) is 0 Å². The number of methoxy groups -OCH3 is 2. The van der Waals surface area contributed by atoms with Gasteiger partial charge in [0.25, 0.3) is 5.91 Å². The topological polar surface area (TPSA) is 89.6 Å². The molecule has 2 aromatic carbocycles. The van der Waals surface area contributed by atoms with E-state index in [-0.39, 0.29) is 22.8 Å². The first-order chi connectivity index (χ1) is 15.2. The summed E-state index contributed by atoms with van der Waals surface area (Å²) in [6, 6.07) is 9.37. The molecule has 7 nitrogen and oxygen atoms in total. The van der Waals surface area contributed by atoms with Gasteiger partial charge in [-0.3, -0.25) is 14.9 Å². The molecule has 0 aliphatic heterocycles. The lowest BCUT2D eigenvalue weighted by Gasteiger charge is -2.13. The van der Waals surface area contributed by atoms with Gasteiger partial charge in [0.2, 0.25) is 5.91 Å². The van der Waals surface area contributed by atoms with Crippen LogP contribution in [0.3, 0.4) is 0 Å².